The molecule has 0 fully saturated rings. The summed E-state index contributed by atoms with van der Waals surface area (Å²) in [5, 5.41) is 11.7. The lowest BCUT2D eigenvalue weighted by molar-refractivity contribution is 0.0523. The van der Waals surface area contributed by atoms with E-state index >= 15 is 0 Å². The summed E-state index contributed by atoms with van der Waals surface area (Å²) in [6, 6.07) is 3.95. The molecule has 0 aliphatic rings. The molecule has 0 bridgehead atoms. The van der Waals surface area contributed by atoms with Crippen molar-refractivity contribution in [1.82, 2.24) is 20.3 Å². The highest BCUT2D eigenvalue weighted by molar-refractivity contribution is 5.90. The molecule has 138 valence electrons. The average Bonchev–Trinajstić information content (AvgIpc) is 3.11. The summed E-state index contributed by atoms with van der Waals surface area (Å²) >= 11 is 0. The molecule has 3 rings (SSSR count). The van der Waals surface area contributed by atoms with Crippen LogP contribution in [-0.4, -0.2) is 26.6 Å². The first-order valence-electron chi connectivity index (χ1n) is 8.34. The molecule has 3 N–H and O–H groups in total. The Morgan fingerprint density at radius 1 is 1.35 bits per heavy atom. The first-order valence-corrected chi connectivity index (χ1v) is 8.34. The van der Waals surface area contributed by atoms with Crippen molar-refractivity contribution in [2.45, 2.75) is 46.4 Å². The van der Waals surface area contributed by atoms with Gasteiger partial charge in [-0.3, -0.25) is 4.68 Å². The van der Waals surface area contributed by atoms with E-state index in [0.717, 1.165) is 22.1 Å². The third kappa shape index (κ3) is 4.14. The fourth-order valence-electron chi connectivity index (χ4n) is 2.72. The molecule has 8 heteroatoms. The van der Waals surface area contributed by atoms with Gasteiger partial charge in [-0.2, -0.15) is 5.10 Å². The van der Waals surface area contributed by atoms with Gasteiger partial charge in [0.05, 0.1) is 18.1 Å². The van der Waals surface area contributed by atoms with Gasteiger partial charge in [0.15, 0.2) is 11.4 Å². The number of hydrogen-bond acceptors (Lipinski definition) is 6. The molecule has 8 nitrogen and oxygen atoms in total. The Bertz CT molecular complexity index is 936. The quantitative estimate of drug-likeness (QED) is 0.743. The summed E-state index contributed by atoms with van der Waals surface area (Å²) in [5.74, 6) is 0.402. The summed E-state index contributed by atoms with van der Waals surface area (Å²) in [6.45, 7) is 8.37. The van der Waals surface area contributed by atoms with E-state index in [1.165, 1.54) is 0 Å². The third-order valence-corrected chi connectivity index (χ3v) is 3.72. The minimum Gasteiger partial charge on any atom is -0.444 e. The molecule has 0 saturated carbocycles. The lowest BCUT2D eigenvalue weighted by Gasteiger charge is -2.19. The van der Waals surface area contributed by atoms with Crippen molar-refractivity contribution in [1.29, 1.82) is 0 Å². The zero-order chi connectivity index (χ0) is 18.9. The van der Waals surface area contributed by atoms with Gasteiger partial charge >= 0.3 is 6.09 Å². The van der Waals surface area contributed by atoms with Crippen LogP contribution in [0.1, 0.15) is 37.5 Å². The summed E-state index contributed by atoms with van der Waals surface area (Å²) < 4.78 is 12.3. The second-order valence-electron chi connectivity index (χ2n) is 7.26. The van der Waals surface area contributed by atoms with Crippen molar-refractivity contribution in [2.75, 3.05) is 5.73 Å². The van der Waals surface area contributed by atoms with Crippen LogP contribution in [0.25, 0.3) is 11.0 Å². The first kappa shape index (κ1) is 17.8. The number of nitrogens with two attached hydrogens (primary N) is 1. The summed E-state index contributed by atoms with van der Waals surface area (Å²) in [5.41, 5.74) is 8.88. The number of ether oxygens (including phenoxy) is 1. The van der Waals surface area contributed by atoms with Crippen molar-refractivity contribution in [3.05, 3.63) is 41.2 Å². The van der Waals surface area contributed by atoms with Gasteiger partial charge < -0.3 is 20.3 Å². The molecule has 0 unspecified atom stereocenters. The summed E-state index contributed by atoms with van der Waals surface area (Å²) in [7, 11) is 0. The van der Waals surface area contributed by atoms with Crippen LogP contribution >= 0.6 is 0 Å². The molecule has 2 heterocycles. The standard InChI is InChI=1S/C18H23N5O3/c1-11-5-12(6-14-15(11)16(19)22-26-14)9-23-10-13(8-21-23)7-20-17(24)25-18(2,3)4/h5-6,8,10H,7,9H2,1-4H3,(H2,19,22)(H,20,24). The minimum absolute atomic E-state index is 0.353. The number of amides is 1. The Labute approximate surface area is 151 Å². The number of carbonyl (C=O) groups is 1. The van der Waals surface area contributed by atoms with Crippen LogP contribution in [0.4, 0.5) is 10.6 Å². The van der Waals surface area contributed by atoms with Crippen LogP contribution in [0.15, 0.2) is 29.0 Å². The fourth-order valence-corrected chi connectivity index (χ4v) is 2.72. The fraction of sp³-hybridized carbons (Fsp3) is 0.389. The Balaban J connectivity index is 1.64. The van der Waals surface area contributed by atoms with Gasteiger partial charge in [0.2, 0.25) is 0 Å². The second-order valence-corrected chi connectivity index (χ2v) is 7.26. The molecule has 0 aliphatic carbocycles. The van der Waals surface area contributed by atoms with Crippen LogP contribution in [0.3, 0.4) is 0 Å². The molecule has 26 heavy (non-hydrogen) atoms. The molecule has 1 amide bonds. The zero-order valence-corrected chi connectivity index (χ0v) is 15.4. The minimum atomic E-state index is -0.519. The van der Waals surface area contributed by atoms with E-state index in [0.29, 0.717) is 24.5 Å². The molecule has 2 aromatic heterocycles. The highest BCUT2D eigenvalue weighted by Gasteiger charge is 2.16. The van der Waals surface area contributed by atoms with Gasteiger partial charge in [0, 0.05) is 18.3 Å². The maximum absolute atomic E-state index is 11.7. The van der Waals surface area contributed by atoms with Gasteiger partial charge in [0.1, 0.15) is 5.60 Å². The lowest BCUT2D eigenvalue weighted by Crippen LogP contribution is -2.32. The number of carbonyl (C=O) groups excluding carboxylic acids is 1. The molecule has 0 atom stereocenters. The highest BCUT2D eigenvalue weighted by Crippen LogP contribution is 2.26. The summed E-state index contributed by atoms with van der Waals surface area (Å²) in [6.07, 6.45) is 3.15. The molecule has 0 aliphatic heterocycles. The van der Waals surface area contributed by atoms with Gasteiger partial charge in [-0.15, -0.1) is 0 Å². The van der Waals surface area contributed by atoms with E-state index in [9.17, 15) is 4.79 Å². The number of nitrogens with zero attached hydrogens (tertiary/aromatic N) is 3. The summed E-state index contributed by atoms with van der Waals surface area (Å²) in [4.78, 5) is 11.7. The molecule has 3 aromatic rings. The first-order chi connectivity index (χ1) is 12.2. The van der Waals surface area contributed by atoms with Crippen LogP contribution in [0.2, 0.25) is 0 Å². The average molecular weight is 357 g/mol. The van der Waals surface area contributed by atoms with Crippen LogP contribution in [0, 0.1) is 6.92 Å². The maximum atomic E-state index is 11.7. The predicted octanol–water partition coefficient (Wildman–Crippen LogP) is 2.99. The van der Waals surface area contributed by atoms with Gasteiger partial charge in [0.25, 0.3) is 0 Å². The van der Waals surface area contributed by atoms with E-state index in [-0.39, 0.29) is 0 Å². The number of aromatic nitrogens is 3. The van der Waals surface area contributed by atoms with Crippen molar-refractivity contribution in [3.63, 3.8) is 0 Å². The number of anilines is 1. The Hall–Kier alpha value is -3.03. The van der Waals surface area contributed by atoms with E-state index in [1.807, 2.05) is 46.0 Å². The smallest absolute Gasteiger partial charge is 0.407 e. The third-order valence-electron chi connectivity index (χ3n) is 3.72. The van der Waals surface area contributed by atoms with E-state index in [4.69, 9.17) is 15.0 Å². The number of aryl methyl sites for hydroxylation is 1. The van der Waals surface area contributed by atoms with Crippen LogP contribution in [0.5, 0.6) is 0 Å². The topological polar surface area (TPSA) is 108 Å². The molecular formula is C18H23N5O3. The predicted molar refractivity (Wildman–Crippen MR) is 97.6 cm³/mol. The van der Waals surface area contributed by atoms with Crippen LogP contribution in [-0.2, 0) is 17.8 Å². The highest BCUT2D eigenvalue weighted by atomic mass is 16.6. The SMILES string of the molecule is Cc1cc(Cn2cc(CNC(=O)OC(C)(C)C)cn2)cc2onc(N)c12. The van der Waals surface area contributed by atoms with Crippen molar-refractivity contribution >= 4 is 22.9 Å². The van der Waals surface area contributed by atoms with Crippen molar-refractivity contribution in [2.24, 2.45) is 0 Å². The maximum Gasteiger partial charge on any atom is 0.407 e. The second kappa shape index (κ2) is 6.70. The largest absolute Gasteiger partial charge is 0.444 e. The Morgan fingerprint density at radius 3 is 2.85 bits per heavy atom. The van der Waals surface area contributed by atoms with E-state index in [2.05, 4.69) is 15.6 Å². The Morgan fingerprint density at radius 2 is 2.12 bits per heavy atom. The van der Waals surface area contributed by atoms with Gasteiger partial charge in [-0.1, -0.05) is 11.2 Å². The number of hydrogen-bond donors (Lipinski definition) is 2. The number of nitrogen functional groups attached to an aromatic ring is 1. The number of fused-ring (bicyclic) bond motifs is 1. The number of rotatable bonds is 4. The van der Waals surface area contributed by atoms with E-state index in [1.54, 1.807) is 10.9 Å². The Kier molecular flexibility index (Phi) is 4.58. The van der Waals surface area contributed by atoms with Crippen LogP contribution < -0.4 is 11.1 Å². The van der Waals surface area contributed by atoms with Gasteiger partial charge in [-0.25, -0.2) is 4.79 Å². The van der Waals surface area contributed by atoms with E-state index < -0.39 is 11.7 Å². The number of alkyl carbamates (subject to hydrolysis) is 1. The van der Waals surface area contributed by atoms with Gasteiger partial charge in [-0.05, 0) is 44.9 Å². The number of nitrogens with one attached hydrogen (secondary N) is 1. The normalized spacial score (nSPS) is 11.7. The molecule has 0 radical (unpaired) electrons. The van der Waals surface area contributed by atoms with Crippen molar-refractivity contribution in [3.8, 4) is 0 Å². The molecule has 0 saturated heterocycles. The molecule has 0 spiro atoms. The van der Waals surface area contributed by atoms with Crippen molar-refractivity contribution < 1.29 is 14.1 Å². The zero-order valence-electron chi connectivity index (χ0n) is 15.4. The number of benzene rings is 1. The lowest BCUT2D eigenvalue weighted by atomic mass is 10.1. The monoisotopic (exact) mass is 357 g/mol. The molecular weight excluding hydrogens is 334 g/mol. The molecule has 1 aromatic carbocycles.